The number of aliphatic hydroxyl groups excluding tert-OH is 1. The van der Waals surface area contributed by atoms with Crippen LogP contribution in [0.5, 0.6) is 0 Å². The van der Waals surface area contributed by atoms with Gasteiger partial charge in [0.1, 0.15) is 0 Å². The maximum atomic E-state index is 10.2. The maximum Gasteiger partial charge on any atom is 0.0900 e. The number of ether oxygens (including phenoxy) is 2. The lowest BCUT2D eigenvalue weighted by Gasteiger charge is -2.20. The summed E-state index contributed by atoms with van der Waals surface area (Å²) in [5.74, 6) is 0.706. The van der Waals surface area contributed by atoms with Crippen molar-refractivity contribution >= 4 is 0 Å². The number of hydrogen-bond acceptors (Lipinski definition) is 4. The third-order valence-electron chi connectivity index (χ3n) is 4.84. The van der Waals surface area contributed by atoms with Crippen molar-refractivity contribution in [2.24, 2.45) is 5.92 Å². The molecule has 1 N–H and O–H groups in total. The zero-order chi connectivity index (χ0) is 15.9. The molecule has 0 bridgehead atoms. The molecule has 1 aromatic rings. The Morgan fingerprint density at radius 3 is 2.91 bits per heavy atom. The zero-order valence-corrected chi connectivity index (χ0v) is 13.9. The largest absolute Gasteiger partial charge is 0.389 e. The number of likely N-dealkylation sites (tertiary alicyclic amines) is 1. The molecule has 0 aromatic heterocycles. The number of rotatable bonds is 8. The minimum Gasteiger partial charge on any atom is -0.389 e. The molecule has 128 valence electrons. The van der Waals surface area contributed by atoms with Gasteiger partial charge in [-0.1, -0.05) is 30.3 Å². The Kier molecular flexibility index (Phi) is 6.46. The molecule has 4 heteroatoms. The van der Waals surface area contributed by atoms with Crippen molar-refractivity contribution < 1.29 is 14.6 Å². The van der Waals surface area contributed by atoms with Crippen molar-refractivity contribution in [3.05, 3.63) is 35.9 Å². The molecule has 2 heterocycles. The predicted octanol–water partition coefficient (Wildman–Crippen LogP) is 2.11. The van der Waals surface area contributed by atoms with Crippen LogP contribution in [0.3, 0.4) is 0 Å². The zero-order valence-electron chi connectivity index (χ0n) is 13.9. The number of hydrogen-bond donors (Lipinski definition) is 1. The number of nitrogens with zero attached hydrogens (tertiary/aromatic N) is 1. The van der Waals surface area contributed by atoms with E-state index in [4.69, 9.17) is 9.47 Å². The van der Waals surface area contributed by atoms with Crippen molar-refractivity contribution in [1.82, 2.24) is 4.90 Å². The van der Waals surface area contributed by atoms with Crippen molar-refractivity contribution in [3.63, 3.8) is 0 Å². The number of aliphatic hydroxyl groups is 1. The van der Waals surface area contributed by atoms with Crippen LogP contribution < -0.4 is 0 Å². The van der Waals surface area contributed by atoms with E-state index in [1.54, 1.807) is 0 Å². The predicted molar refractivity (Wildman–Crippen MR) is 90.5 cm³/mol. The summed E-state index contributed by atoms with van der Waals surface area (Å²) in [6, 6.07) is 10.7. The number of β-amino-alcohol motifs (C(OH)–C–C–N with tert-alkyl or cyclic N) is 1. The molecule has 0 aliphatic carbocycles. The molecule has 2 aliphatic heterocycles. The highest BCUT2D eigenvalue weighted by molar-refractivity contribution is 5.15. The normalized spacial score (nSPS) is 26.7. The van der Waals surface area contributed by atoms with E-state index in [0.717, 1.165) is 45.5 Å². The standard InChI is InChI=1S/C19H29NO3/c21-18(14-22-15-19-7-4-10-23-19)13-20-9-8-17(12-20)11-16-5-2-1-3-6-16/h1-3,5-6,17-19,21H,4,7-15H2. The lowest BCUT2D eigenvalue weighted by molar-refractivity contribution is -0.0237. The van der Waals surface area contributed by atoms with Crippen LogP contribution in [0.1, 0.15) is 24.8 Å². The van der Waals surface area contributed by atoms with Crippen LogP contribution in [0.4, 0.5) is 0 Å². The van der Waals surface area contributed by atoms with Gasteiger partial charge >= 0.3 is 0 Å². The summed E-state index contributed by atoms with van der Waals surface area (Å²) >= 11 is 0. The van der Waals surface area contributed by atoms with Gasteiger partial charge in [0.15, 0.2) is 0 Å². The fourth-order valence-corrected chi connectivity index (χ4v) is 3.65. The Hall–Kier alpha value is -0.940. The Balaban J connectivity index is 1.31. The average molecular weight is 319 g/mol. The minimum absolute atomic E-state index is 0.240. The Labute approximate surface area is 139 Å². The van der Waals surface area contributed by atoms with Crippen molar-refractivity contribution in [1.29, 1.82) is 0 Å². The van der Waals surface area contributed by atoms with E-state index in [1.807, 2.05) is 0 Å². The summed E-state index contributed by atoms with van der Waals surface area (Å²) in [6.45, 7) is 4.77. The second-order valence-electron chi connectivity index (χ2n) is 6.93. The average Bonchev–Trinajstić information content (AvgIpc) is 3.21. The molecule has 0 saturated carbocycles. The van der Waals surface area contributed by atoms with Crippen LogP contribution >= 0.6 is 0 Å². The van der Waals surface area contributed by atoms with Gasteiger partial charge in [-0.15, -0.1) is 0 Å². The molecule has 3 unspecified atom stereocenters. The van der Waals surface area contributed by atoms with Gasteiger partial charge in [-0.05, 0) is 43.7 Å². The molecule has 4 nitrogen and oxygen atoms in total. The van der Waals surface area contributed by atoms with E-state index < -0.39 is 6.10 Å². The first-order chi connectivity index (χ1) is 11.3. The second-order valence-corrected chi connectivity index (χ2v) is 6.93. The smallest absolute Gasteiger partial charge is 0.0900 e. The Morgan fingerprint density at radius 1 is 1.26 bits per heavy atom. The molecule has 2 fully saturated rings. The molecule has 0 radical (unpaired) electrons. The summed E-state index contributed by atoms with van der Waals surface area (Å²) in [4.78, 5) is 2.37. The van der Waals surface area contributed by atoms with E-state index in [1.165, 1.54) is 12.0 Å². The molecule has 3 rings (SSSR count). The first-order valence-corrected chi connectivity index (χ1v) is 8.93. The van der Waals surface area contributed by atoms with E-state index >= 15 is 0 Å². The first kappa shape index (κ1) is 16.9. The van der Waals surface area contributed by atoms with Gasteiger partial charge in [-0.25, -0.2) is 0 Å². The van der Waals surface area contributed by atoms with Crippen LogP contribution in [-0.4, -0.2) is 61.7 Å². The van der Waals surface area contributed by atoms with Crippen LogP contribution in [0, 0.1) is 5.92 Å². The van der Waals surface area contributed by atoms with E-state index in [0.29, 0.717) is 19.1 Å². The molecular weight excluding hydrogens is 290 g/mol. The fourth-order valence-electron chi connectivity index (χ4n) is 3.65. The van der Waals surface area contributed by atoms with Crippen LogP contribution in [0.2, 0.25) is 0 Å². The monoisotopic (exact) mass is 319 g/mol. The summed E-state index contributed by atoms with van der Waals surface area (Å²) in [6.07, 6.45) is 4.42. The van der Waals surface area contributed by atoms with E-state index in [9.17, 15) is 5.11 Å². The van der Waals surface area contributed by atoms with Gasteiger partial charge < -0.3 is 19.5 Å². The quantitative estimate of drug-likeness (QED) is 0.797. The van der Waals surface area contributed by atoms with Crippen molar-refractivity contribution in [2.75, 3.05) is 39.5 Å². The molecule has 3 atom stereocenters. The molecule has 23 heavy (non-hydrogen) atoms. The number of benzene rings is 1. The first-order valence-electron chi connectivity index (χ1n) is 8.93. The minimum atomic E-state index is -0.396. The molecule has 0 spiro atoms. The van der Waals surface area contributed by atoms with Gasteiger partial charge in [-0.2, -0.15) is 0 Å². The Morgan fingerprint density at radius 2 is 2.13 bits per heavy atom. The molecule has 2 saturated heterocycles. The van der Waals surface area contributed by atoms with Gasteiger partial charge in [0.25, 0.3) is 0 Å². The van der Waals surface area contributed by atoms with Crippen LogP contribution in [0.25, 0.3) is 0 Å². The lowest BCUT2D eigenvalue weighted by Crippen LogP contribution is -2.34. The van der Waals surface area contributed by atoms with Gasteiger partial charge in [0.05, 0.1) is 25.4 Å². The highest BCUT2D eigenvalue weighted by Crippen LogP contribution is 2.21. The SMILES string of the molecule is OC(COCC1CCCO1)CN1CCC(Cc2ccccc2)C1. The second kappa shape index (κ2) is 8.78. The topological polar surface area (TPSA) is 41.9 Å². The maximum absolute atomic E-state index is 10.2. The Bertz CT molecular complexity index is 447. The highest BCUT2D eigenvalue weighted by Gasteiger charge is 2.24. The molecular formula is C19H29NO3. The summed E-state index contributed by atoms with van der Waals surface area (Å²) in [5.41, 5.74) is 1.42. The van der Waals surface area contributed by atoms with E-state index in [2.05, 4.69) is 35.2 Å². The summed E-state index contributed by atoms with van der Waals surface area (Å²) in [7, 11) is 0. The van der Waals surface area contributed by atoms with Crippen molar-refractivity contribution in [2.45, 2.75) is 37.9 Å². The van der Waals surface area contributed by atoms with Crippen molar-refractivity contribution in [3.8, 4) is 0 Å². The molecule has 1 aromatic carbocycles. The van der Waals surface area contributed by atoms with Crippen LogP contribution in [-0.2, 0) is 15.9 Å². The van der Waals surface area contributed by atoms with Crippen LogP contribution in [0.15, 0.2) is 30.3 Å². The van der Waals surface area contributed by atoms with Gasteiger partial charge in [-0.3, -0.25) is 0 Å². The summed E-state index contributed by atoms with van der Waals surface area (Å²) in [5, 5.41) is 10.2. The van der Waals surface area contributed by atoms with E-state index in [-0.39, 0.29) is 6.10 Å². The highest BCUT2D eigenvalue weighted by atomic mass is 16.5. The van der Waals surface area contributed by atoms with Gasteiger partial charge in [0.2, 0.25) is 0 Å². The van der Waals surface area contributed by atoms with Gasteiger partial charge in [0, 0.05) is 19.7 Å². The third kappa shape index (κ3) is 5.57. The molecule has 2 aliphatic rings. The lowest BCUT2D eigenvalue weighted by atomic mass is 9.99. The summed E-state index contributed by atoms with van der Waals surface area (Å²) < 4.78 is 11.1. The molecule has 0 amide bonds. The fraction of sp³-hybridized carbons (Fsp3) is 0.684. The third-order valence-corrected chi connectivity index (χ3v) is 4.84.